The number of fused-ring (bicyclic) bond motifs is 3. The molecule has 2 aromatic heterocycles. The fourth-order valence-corrected chi connectivity index (χ4v) is 2.38. The van der Waals surface area contributed by atoms with Crippen LogP contribution >= 0.6 is 0 Å². The molecule has 102 valence electrons. The third kappa shape index (κ3) is 1.85. The van der Waals surface area contributed by atoms with Gasteiger partial charge in [0.2, 0.25) is 0 Å². The number of carbonyl (C=O) groups excluding carboxylic acids is 1. The van der Waals surface area contributed by atoms with Crippen molar-refractivity contribution >= 4 is 33.4 Å². The highest BCUT2D eigenvalue weighted by Gasteiger charge is 2.15. The van der Waals surface area contributed by atoms with Crippen molar-refractivity contribution in [2.24, 2.45) is 0 Å². The highest BCUT2D eigenvalue weighted by atomic mass is 16.1. The molecule has 0 spiro atoms. The lowest BCUT2D eigenvalue weighted by Crippen LogP contribution is -2.12. The van der Waals surface area contributed by atoms with E-state index in [1.54, 1.807) is 6.20 Å². The summed E-state index contributed by atoms with van der Waals surface area (Å²) >= 11 is 0. The van der Waals surface area contributed by atoms with E-state index in [1.807, 2.05) is 42.5 Å². The molecule has 2 heterocycles. The van der Waals surface area contributed by atoms with Gasteiger partial charge in [-0.3, -0.25) is 15.0 Å². The van der Waals surface area contributed by atoms with Gasteiger partial charge in [0.05, 0.1) is 11.7 Å². The Labute approximate surface area is 119 Å². The van der Waals surface area contributed by atoms with Crippen LogP contribution in [0.5, 0.6) is 0 Å². The quantitative estimate of drug-likeness (QED) is 0.526. The molecule has 21 heavy (non-hydrogen) atoms. The number of amides is 1. The normalized spacial score (nSPS) is 11.0. The topological polar surface area (TPSA) is 86.5 Å². The third-order valence-corrected chi connectivity index (χ3v) is 3.40. The molecule has 0 unspecified atom stereocenters. The Morgan fingerprint density at radius 2 is 1.86 bits per heavy atom. The summed E-state index contributed by atoms with van der Waals surface area (Å²) in [6.07, 6.45) is 1.71. The highest BCUT2D eigenvalue weighted by Crippen LogP contribution is 2.24. The molecule has 0 fully saturated rings. The fraction of sp³-hybridized carbons (Fsp3) is 0. The van der Waals surface area contributed by atoms with E-state index < -0.39 is 0 Å². The molecular weight excluding hydrogens is 266 g/mol. The zero-order valence-corrected chi connectivity index (χ0v) is 10.9. The van der Waals surface area contributed by atoms with Crippen molar-refractivity contribution in [1.29, 1.82) is 0 Å². The first kappa shape index (κ1) is 11.7. The number of carbonyl (C=O) groups is 1. The number of nitrogens with zero attached hydrogens (tertiary/aromatic N) is 2. The lowest BCUT2D eigenvalue weighted by Gasteiger charge is -2.03. The van der Waals surface area contributed by atoms with E-state index in [9.17, 15) is 4.79 Å². The molecule has 6 nitrogen and oxygen atoms in total. The lowest BCUT2D eigenvalue weighted by atomic mass is 10.1. The summed E-state index contributed by atoms with van der Waals surface area (Å²) in [4.78, 5) is 12.4. The number of anilines is 1. The van der Waals surface area contributed by atoms with Gasteiger partial charge in [0.15, 0.2) is 0 Å². The predicted octanol–water partition coefficient (Wildman–Crippen LogP) is 2.69. The van der Waals surface area contributed by atoms with Crippen molar-refractivity contribution in [3.8, 4) is 0 Å². The van der Waals surface area contributed by atoms with Crippen molar-refractivity contribution in [3.63, 3.8) is 0 Å². The Morgan fingerprint density at radius 1 is 1.00 bits per heavy atom. The summed E-state index contributed by atoms with van der Waals surface area (Å²) in [7, 11) is 0. The number of para-hydroxylation sites is 1. The van der Waals surface area contributed by atoms with Crippen molar-refractivity contribution in [2.75, 3.05) is 5.32 Å². The zero-order valence-electron chi connectivity index (χ0n) is 10.9. The molecule has 0 saturated carbocycles. The fourth-order valence-electron chi connectivity index (χ4n) is 2.38. The van der Waals surface area contributed by atoms with E-state index in [4.69, 9.17) is 0 Å². The van der Waals surface area contributed by atoms with Crippen LogP contribution in [0.1, 0.15) is 10.5 Å². The van der Waals surface area contributed by atoms with Crippen LogP contribution in [0, 0.1) is 0 Å². The number of aromatic amines is 2. The molecule has 0 bridgehead atoms. The summed E-state index contributed by atoms with van der Waals surface area (Å²) in [6.45, 7) is 0. The average molecular weight is 277 g/mol. The van der Waals surface area contributed by atoms with Gasteiger partial charge in [-0.05, 0) is 24.3 Å². The minimum atomic E-state index is -0.216. The van der Waals surface area contributed by atoms with E-state index in [2.05, 4.69) is 25.7 Å². The van der Waals surface area contributed by atoms with Crippen LogP contribution in [0.15, 0.2) is 48.7 Å². The number of benzene rings is 2. The van der Waals surface area contributed by atoms with Crippen LogP contribution in [0.25, 0.3) is 21.8 Å². The summed E-state index contributed by atoms with van der Waals surface area (Å²) in [5.41, 5.74) is 2.81. The Morgan fingerprint density at radius 3 is 2.71 bits per heavy atom. The first-order valence-electron chi connectivity index (χ1n) is 6.49. The standard InChI is InChI=1S/C15H11N5O/c21-15(17-9-4-2-1-3-5-9)14-10-6-7-12-11(8-16-18-12)13(10)19-20-14/h1-8H,(H,16,18)(H,17,21)(H,19,20). The first-order chi connectivity index (χ1) is 10.3. The van der Waals surface area contributed by atoms with Gasteiger partial charge in [-0.25, -0.2) is 0 Å². The maximum Gasteiger partial charge on any atom is 0.274 e. The molecule has 6 heteroatoms. The van der Waals surface area contributed by atoms with E-state index >= 15 is 0 Å². The predicted molar refractivity (Wildman–Crippen MR) is 80.1 cm³/mol. The maximum atomic E-state index is 12.4. The molecule has 2 aromatic carbocycles. The van der Waals surface area contributed by atoms with Crippen molar-refractivity contribution in [3.05, 3.63) is 54.4 Å². The summed E-state index contributed by atoms with van der Waals surface area (Å²) in [6, 6.07) is 13.1. The number of hydrogen-bond donors (Lipinski definition) is 3. The molecule has 0 aliphatic heterocycles. The van der Waals surface area contributed by atoms with E-state index in [0.29, 0.717) is 5.69 Å². The SMILES string of the molecule is O=C(Nc1ccccc1)c1[nH]nc2c1ccc1[nH]ncc12. The molecule has 0 saturated heterocycles. The number of rotatable bonds is 2. The number of nitrogens with one attached hydrogen (secondary N) is 3. The smallest absolute Gasteiger partial charge is 0.274 e. The molecule has 1 amide bonds. The molecule has 4 rings (SSSR count). The zero-order chi connectivity index (χ0) is 14.2. The molecule has 0 radical (unpaired) electrons. The van der Waals surface area contributed by atoms with Crippen LogP contribution in [-0.2, 0) is 0 Å². The average Bonchev–Trinajstić information content (AvgIpc) is 3.14. The van der Waals surface area contributed by atoms with E-state index in [1.165, 1.54) is 0 Å². The Bertz CT molecular complexity index is 938. The van der Waals surface area contributed by atoms with Gasteiger partial charge in [0.25, 0.3) is 5.91 Å². The maximum absolute atomic E-state index is 12.4. The van der Waals surface area contributed by atoms with Crippen molar-refractivity contribution < 1.29 is 4.79 Å². The second-order valence-corrected chi connectivity index (χ2v) is 4.71. The van der Waals surface area contributed by atoms with Crippen LogP contribution in [0.2, 0.25) is 0 Å². The van der Waals surface area contributed by atoms with Crippen LogP contribution in [0.3, 0.4) is 0 Å². The largest absolute Gasteiger partial charge is 0.321 e. The van der Waals surface area contributed by atoms with Crippen molar-refractivity contribution in [1.82, 2.24) is 20.4 Å². The first-order valence-corrected chi connectivity index (χ1v) is 6.49. The Hall–Kier alpha value is -3.15. The number of hydrogen-bond acceptors (Lipinski definition) is 3. The molecule has 0 aliphatic carbocycles. The number of aromatic nitrogens is 4. The van der Waals surface area contributed by atoms with Crippen LogP contribution < -0.4 is 5.32 Å². The lowest BCUT2D eigenvalue weighted by molar-refractivity contribution is 0.102. The Balaban J connectivity index is 1.78. The Kier molecular flexibility index (Phi) is 2.47. The third-order valence-electron chi connectivity index (χ3n) is 3.40. The minimum Gasteiger partial charge on any atom is -0.321 e. The minimum absolute atomic E-state index is 0.216. The molecule has 0 aliphatic rings. The van der Waals surface area contributed by atoms with Gasteiger partial charge in [-0.1, -0.05) is 18.2 Å². The second kappa shape index (κ2) is 4.45. The monoisotopic (exact) mass is 277 g/mol. The summed E-state index contributed by atoms with van der Waals surface area (Å²) in [5.74, 6) is -0.216. The molecule has 3 N–H and O–H groups in total. The van der Waals surface area contributed by atoms with Crippen LogP contribution in [-0.4, -0.2) is 26.3 Å². The van der Waals surface area contributed by atoms with Gasteiger partial charge in [-0.2, -0.15) is 10.2 Å². The molecule has 0 atom stereocenters. The van der Waals surface area contributed by atoms with Crippen molar-refractivity contribution in [2.45, 2.75) is 0 Å². The van der Waals surface area contributed by atoms with E-state index in [-0.39, 0.29) is 5.91 Å². The number of H-pyrrole nitrogens is 2. The van der Waals surface area contributed by atoms with Crippen LogP contribution in [0.4, 0.5) is 5.69 Å². The second-order valence-electron chi connectivity index (χ2n) is 4.71. The van der Waals surface area contributed by atoms with Gasteiger partial charge >= 0.3 is 0 Å². The molecular formula is C15H11N5O. The van der Waals surface area contributed by atoms with E-state index in [0.717, 1.165) is 27.5 Å². The van der Waals surface area contributed by atoms with Gasteiger partial charge in [0.1, 0.15) is 11.2 Å². The van der Waals surface area contributed by atoms with Gasteiger partial charge in [-0.15, -0.1) is 0 Å². The van der Waals surface area contributed by atoms with Gasteiger partial charge < -0.3 is 5.32 Å². The summed E-state index contributed by atoms with van der Waals surface area (Å²) in [5, 5.41) is 18.4. The molecule has 4 aromatic rings. The highest BCUT2D eigenvalue weighted by molar-refractivity contribution is 6.15. The summed E-state index contributed by atoms with van der Waals surface area (Å²) < 4.78 is 0. The van der Waals surface area contributed by atoms with Gasteiger partial charge in [0, 0.05) is 16.5 Å².